The number of nitrogens with one attached hydrogen (secondary N) is 2. The number of fused-ring (bicyclic) bond motifs is 2. The first-order chi connectivity index (χ1) is 13.6. The zero-order chi connectivity index (χ0) is 19.3. The van der Waals surface area contributed by atoms with Crippen LogP contribution >= 0.6 is 0 Å². The lowest BCUT2D eigenvalue weighted by Crippen LogP contribution is -2.27. The van der Waals surface area contributed by atoms with Crippen molar-refractivity contribution in [3.05, 3.63) is 59.7 Å². The summed E-state index contributed by atoms with van der Waals surface area (Å²) in [6.45, 7) is 4.73. The van der Waals surface area contributed by atoms with E-state index in [-0.39, 0.29) is 18.7 Å². The summed E-state index contributed by atoms with van der Waals surface area (Å²) >= 11 is 0. The van der Waals surface area contributed by atoms with Crippen LogP contribution in [0, 0.1) is 0 Å². The Kier molecular flexibility index (Phi) is 3.84. The number of hydrogen-bond donors (Lipinski definition) is 3. The van der Waals surface area contributed by atoms with E-state index >= 15 is 0 Å². The van der Waals surface area contributed by atoms with Gasteiger partial charge in [0.05, 0.1) is 11.5 Å². The van der Waals surface area contributed by atoms with Gasteiger partial charge in [-0.25, -0.2) is 0 Å². The van der Waals surface area contributed by atoms with E-state index in [1.807, 2.05) is 36.4 Å². The zero-order valence-electron chi connectivity index (χ0n) is 15.6. The molecule has 3 aliphatic rings. The van der Waals surface area contributed by atoms with Gasteiger partial charge in [-0.15, -0.1) is 0 Å². The van der Waals surface area contributed by atoms with Gasteiger partial charge in [0.15, 0.2) is 11.5 Å². The van der Waals surface area contributed by atoms with Crippen molar-refractivity contribution in [1.82, 2.24) is 0 Å². The van der Waals surface area contributed by atoms with Crippen molar-refractivity contribution in [3.63, 3.8) is 0 Å². The third-order valence-corrected chi connectivity index (χ3v) is 5.98. The van der Waals surface area contributed by atoms with Gasteiger partial charge < -0.3 is 25.8 Å². The van der Waals surface area contributed by atoms with E-state index in [9.17, 15) is 4.79 Å². The number of benzene rings is 2. The van der Waals surface area contributed by atoms with E-state index in [0.29, 0.717) is 12.3 Å². The van der Waals surface area contributed by atoms with Gasteiger partial charge in [-0.3, -0.25) is 4.79 Å². The molecule has 1 fully saturated rings. The Morgan fingerprint density at radius 2 is 2.04 bits per heavy atom. The molecule has 28 heavy (non-hydrogen) atoms. The van der Waals surface area contributed by atoms with Crippen molar-refractivity contribution in [1.29, 1.82) is 0 Å². The number of carbonyl (C=O) groups excluding carboxylic acids is 1. The van der Waals surface area contributed by atoms with Crippen molar-refractivity contribution in [2.75, 3.05) is 24.0 Å². The maximum atomic E-state index is 13.1. The number of carbonyl (C=O) groups is 1. The molecule has 1 saturated carbocycles. The van der Waals surface area contributed by atoms with E-state index in [1.54, 1.807) is 0 Å². The summed E-state index contributed by atoms with van der Waals surface area (Å²) in [4.78, 5) is 13.1. The first kappa shape index (κ1) is 17.1. The number of nitrogens with two attached hydrogens (primary N) is 1. The predicted molar refractivity (Wildman–Crippen MR) is 108 cm³/mol. The Morgan fingerprint density at radius 3 is 2.82 bits per heavy atom. The number of rotatable bonds is 5. The smallest absolute Gasteiger partial charge is 0.235 e. The fourth-order valence-electron chi connectivity index (χ4n) is 4.05. The zero-order valence-corrected chi connectivity index (χ0v) is 15.6. The minimum atomic E-state index is -0.478. The first-order valence-corrected chi connectivity index (χ1v) is 9.58. The third-order valence-electron chi connectivity index (χ3n) is 5.98. The van der Waals surface area contributed by atoms with Crippen LogP contribution in [0.1, 0.15) is 24.0 Å². The highest BCUT2D eigenvalue weighted by Crippen LogP contribution is 2.51. The van der Waals surface area contributed by atoms with Crippen LogP contribution in [0.25, 0.3) is 0 Å². The second-order valence-electron chi connectivity index (χ2n) is 7.74. The summed E-state index contributed by atoms with van der Waals surface area (Å²) in [7, 11) is 0. The van der Waals surface area contributed by atoms with Crippen molar-refractivity contribution in [2.45, 2.75) is 30.7 Å². The SMILES string of the molecule is C=C(CN)C1Cc2cc(NC(=O)C3(c4ccc5c(c4)OCO5)CC3)ccc2N1. The Bertz CT molecular complexity index is 981. The van der Waals surface area contributed by atoms with E-state index in [0.717, 1.165) is 47.5 Å². The number of anilines is 2. The van der Waals surface area contributed by atoms with Gasteiger partial charge in [-0.1, -0.05) is 12.6 Å². The monoisotopic (exact) mass is 377 g/mol. The normalized spacial score (nSPS) is 20.2. The molecule has 2 aromatic carbocycles. The fraction of sp³-hybridized carbons (Fsp3) is 0.318. The lowest BCUT2D eigenvalue weighted by atomic mass is 9.94. The molecule has 0 bridgehead atoms. The van der Waals surface area contributed by atoms with Crippen LogP contribution in [0.4, 0.5) is 11.4 Å². The molecule has 2 aliphatic heterocycles. The Hall–Kier alpha value is -2.99. The Labute approximate surface area is 163 Å². The standard InChI is InChI=1S/C22H23N3O3/c1-13(11-23)18-9-14-8-16(3-4-17(14)25-18)24-21(26)22(6-7-22)15-2-5-19-20(10-15)28-12-27-19/h2-5,8,10,18,25H,1,6-7,9,11-12,23H2,(H,24,26). The molecular formula is C22H23N3O3. The highest BCUT2D eigenvalue weighted by atomic mass is 16.7. The van der Waals surface area contributed by atoms with Gasteiger partial charge in [-0.2, -0.15) is 0 Å². The van der Waals surface area contributed by atoms with Crippen LogP contribution in [0.3, 0.4) is 0 Å². The molecule has 1 unspecified atom stereocenters. The van der Waals surface area contributed by atoms with Gasteiger partial charge in [0.1, 0.15) is 0 Å². The molecule has 5 rings (SSSR count). The maximum absolute atomic E-state index is 13.1. The average Bonchev–Trinajstić information content (AvgIpc) is 3.20. The average molecular weight is 377 g/mol. The van der Waals surface area contributed by atoms with Crippen molar-refractivity contribution < 1.29 is 14.3 Å². The topological polar surface area (TPSA) is 85.6 Å². The molecule has 0 radical (unpaired) electrons. The fourth-order valence-corrected chi connectivity index (χ4v) is 4.05. The number of hydrogen-bond acceptors (Lipinski definition) is 5. The minimum Gasteiger partial charge on any atom is -0.454 e. The minimum absolute atomic E-state index is 0.0280. The van der Waals surface area contributed by atoms with E-state index in [1.165, 1.54) is 5.56 Å². The van der Waals surface area contributed by atoms with Crippen molar-refractivity contribution in [2.24, 2.45) is 5.73 Å². The van der Waals surface area contributed by atoms with Gasteiger partial charge in [0.25, 0.3) is 0 Å². The molecule has 1 aliphatic carbocycles. The summed E-state index contributed by atoms with van der Waals surface area (Å²) in [6, 6.07) is 11.9. The second-order valence-corrected chi connectivity index (χ2v) is 7.74. The lowest BCUT2D eigenvalue weighted by Gasteiger charge is -2.17. The van der Waals surface area contributed by atoms with Crippen LogP contribution in [-0.4, -0.2) is 25.3 Å². The molecule has 6 heteroatoms. The van der Waals surface area contributed by atoms with Crippen LogP contribution in [0.15, 0.2) is 48.6 Å². The van der Waals surface area contributed by atoms with Gasteiger partial charge in [0.2, 0.25) is 12.7 Å². The highest BCUT2D eigenvalue weighted by Gasteiger charge is 2.51. The van der Waals surface area contributed by atoms with Gasteiger partial charge in [-0.05, 0) is 66.3 Å². The molecule has 0 saturated heterocycles. The summed E-state index contributed by atoms with van der Waals surface area (Å²) < 4.78 is 10.8. The Morgan fingerprint density at radius 1 is 1.21 bits per heavy atom. The van der Waals surface area contributed by atoms with Gasteiger partial charge in [0, 0.05) is 17.9 Å². The third kappa shape index (κ3) is 2.72. The maximum Gasteiger partial charge on any atom is 0.235 e. The molecule has 1 amide bonds. The molecule has 0 aromatic heterocycles. The van der Waals surface area contributed by atoms with Crippen LogP contribution < -0.4 is 25.8 Å². The molecular weight excluding hydrogens is 354 g/mol. The van der Waals surface area contributed by atoms with Crippen LogP contribution in [0.5, 0.6) is 11.5 Å². The molecule has 1 atom stereocenters. The van der Waals surface area contributed by atoms with E-state index < -0.39 is 5.41 Å². The molecule has 2 aromatic rings. The number of amides is 1. The van der Waals surface area contributed by atoms with E-state index in [4.69, 9.17) is 15.2 Å². The predicted octanol–water partition coefficient (Wildman–Crippen LogP) is 2.94. The second kappa shape index (κ2) is 6.27. The number of ether oxygens (including phenoxy) is 2. The molecule has 4 N–H and O–H groups in total. The van der Waals surface area contributed by atoms with Crippen molar-refractivity contribution in [3.8, 4) is 11.5 Å². The molecule has 2 heterocycles. The molecule has 6 nitrogen and oxygen atoms in total. The first-order valence-electron chi connectivity index (χ1n) is 9.58. The Balaban J connectivity index is 1.33. The quantitative estimate of drug-likeness (QED) is 0.698. The van der Waals surface area contributed by atoms with Gasteiger partial charge >= 0.3 is 0 Å². The summed E-state index contributed by atoms with van der Waals surface area (Å²) in [5.74, 6) is 1.48. The van der Waals surface area contributed by atoms with E-state index in [2.05, 4.69) is 17.2 Å². The summed E-state index contributed by atoms with van der Waals surface area (Å²) in [5, 5.41) is 6.55. The molecule has 0 spiro atoms. The van der Waals surface area contributed by atoms with Crippen LogP contribution in [-0.2, 0) is 16.6 Å². The highest BCUT2D eigenvalue weighted by molar-refractivity contribution is 6.01. The van der Waals surface area contributed by atoms with Crippen molar-refractivity contribution >= 4 is 17.3 Å². The van der Waals surface area contributed by atoms with Crippen LogP contribution in [0.2, 0.25) is 0 Å². The molecule has 144 valence electrons. The summed E-state index contributed by atoms with van der Waals surface area (Å²) in [6.07, 6.45) is 2.51. The lowest BCUT2D eigenvalue weighted by molar-refractivity contribution is -0.118. The largest absolute Gasteiger partial charge is 0.454 e. The summed E-state index contributed by atoms with van der Waals surface area (Å²) in [5.41, 5.74) is 10.3.